The number of nitrogens with one attached hydrogen (secondary N) is 2. The molecule has 1 heterocycles. The zero-order valence-electron chi connectivity index (χ0n) is 34.6. The van der Waals surface area contributed by atoms with Gasteiger partial charge in [-0.15, -0.1) is 6.58 Å². The minimum absolute atomic E-state index is 0.0136. The van der Waals surface area contributed by atoms with Gasteiger partial charge in [-0.1, -0.05) is 147 Å². The third-order valence-corrected chi connectivity index (χ3v) is 13.4. The summed E-state index contributed by atoms with van der Waals surface area (Å²) in [6.07, 6.45) is 6.14. The molecule has 1 aliphatic heterocycles. The monoisotopic (exact) mass is 827 g/mol. The molecule has 9 nitrogen and oxygen atoms in total. The van der Waals surface area contributed by atoms with Crippen molar-refractivity contribution in [3.63, 3.8) is 0 Å². The van der Waals surface area contributed by atoms with Gasteiger partial charge in [-0.2, -0.15) is 4.72 Å². The first kappa shape index (κ1) is 43.2. The third kappa shape index (κ3) is 10.7. The largest absolute Gasteiger partial charge is 0.392 e. The first-order chi connectivity index (χ1) is 29.1. The van der Waals surface area contributed by atoms with Gasteiger partial charge >= 0.3 is 0 Å². The molecule has 0 spiro atoms. The lowest BCUT2D eigenvalue weighted by Crippen LogP contribution is -2.47. The fourth-order valence-corrected chi connectivity index (χ4v) is 9.65. The van der Waals surface area contributed by atoms with Gasteiger partial charge in [0.25, 0.3) is 0 Å². The van der Waals surface area contributed by atoms with E-state index in [0.29, 0.717) is 6.04 Å². The van der Waals surface area contributed by atoms with E-state index in [-0.39, 0.29) is 42.6 Å². The van der Waals surface area contributed by atoms with Gasteiger partial charge in [0.1, 0.15) is 6.04 Å². The number of sulfonamides is 1. The molecule has 0 bridgehead atoms. The van der Waals surface area contributed by atoms with Crippen molar-refractivity contribution in [1.29, 1.82) is 0 Å². The molecule has 5 atom stereocenters. The van der Waals surface area contributed by atoms with Crippen molar-refractivity contribution in [2.45, 2.75) is 94.6 Å². The van der Waals surface area contributed by atoms with Crippen LogP contribution in [0.25, 0.3) is 11.1 Å². The molecule has 10 heteroatoms. The highest BCUT2D eigenvalue weighted by atomic mass is 32.2. The molecule has 7 rings (SSSR count). The lowest BCUT2D eigenvalue weighted by atomic mass is 9.89. The van der Waals surface area contributed by atoms with Gasteiger partial charge in [0, 0.05) is 37.2 Å². The van der Waals surface area contributed by atoms with Gasteiger partial charge < -0.3 is 19.9 Å². The number of benzene rings is 5. The first-order valence-corrected chi connectivity index (χ1v) is 22.5. The van der Waals surface area contributed by atoms with Crippen LogP contribution in [0.3, 0.4) is 0 Å². The first-order valence-electron chi connectivity index (χ1n) is 21.1. The Hall–Kier alpha value is -4.94. The molecule has 5 aromatic rings. The summed E-state index contributed by atoms with van der Waals surface area (Å²) >= 11 is 0. The highest BCUT2D eigenvalue weighted by molar-refractivity contribution is 7.89. The summed E-state index contributed by atoms with van der Waals surface area (Å²) in [6, 6.07) is 39.5. The number of rotatable bonds is 17. The summed E-state index contributed by atoms with van der Waals surface area (Å²) in [6.45, 7) is 9.92. The van der Waals surface area contributed by atoms with Crippen LogP contribution in [-0.4, -0.2) is 55.6 Å². The number of amides is 1. The Morgan fingerprint density at radius 2 is 1.52 bits per heavy atom. The van der Waals surface area contributed by atoms with Gasteiger partial charge in [-0.05, 0) is 71.7 Å². The van der Waals surface area contributed by atoms with Crippen LogP contribution >= 0.6 is 0 Å². The molecular weight excluding hydrogens is 771 g/mol. The molecule has 0 unspecified atom stereocenters. The molecule has 60 heavy (non-hydrogen) atoms. The molecule has 314 valence electrons. The SMILES string of the molecule is C=CCN(C[C@@H]1O[C@H](c2ccc(-c3ccccc3CNC(=O)[C@@H](Cc3ccccc3)NS(=O)(=O)c3ccc(C)cc3)cc2)O[C@H](c2ccc(CO)cc2)[C@@H]1C)C1CCCC1. The number of nitrogens with zero attached hydrogens (tertiary/aromatic N) is 1. The van der Waals surface area contributed by atoms with E-state index in [1.54, 1.807) is 24.3 Å². The Labute approximate surface area is 355 Å². The predicted molar refractivity (Wildman–Crippen MR) is 236 cm³/mol. The van der Waals surface area contributed by atoms with E-state index in [1.807, 2.05) is 104 Å². The molecule has 2 aliphatic rings. The molecule has 1 saturated carbocycles. The van der Waals surface area contributed by atoms with Gasteiger partial charge in [0.2, 0.25) is 15.9 Å². The summed E-state index contributed by atoms with van der Waals surface area (Å²) < 4.78 is 43.2. The number of aliphatic hydroxyl groups is 1. The van der Waals surface area contributed by atoms with E-state index in [1.165, 1.54) is 25.7 Å². The maximum Gasteiger partial charge on any atom is 0.241 e. The zero-order chi connectivity index (χ0) is 42.1. The van der Waals surface area contributed by atoms with Gasteiger partial charge in [0.15, 0.2) is 6.29 Å². The van der Waals surface area contributed by atoms with Crippen molar-refractivity contribution in [2.24, 2.45) is 5.92 Å². The minimum Gasteiger partial charge on any atom is -0.392 e. The van der Waals surface area contributed by atoms with Crippen molar-refractivity contribution in [3.8, 4) is 11.1 Å². The van der Waals surface area contributed by atoms with E-state index in [0.717, 1.165) is 57.6 Å². The van der Waals surface area contributed by atoms with Crippen molar-refractivity contribution in [1.82, 2.24) is 14.9 Å². The number of hydrogen-bond donors (Lipinski definition) is 3. The van der Waals surface area contributed by atoms with Crippen molar-refractivity contribution in [2.75, 3.05) is 13.1 Å². The minimum atomic E-state index is -3.98. The Bertz CT molecular complexity index is 2280. The lowest BCUT2D eigenvalue weighted by Gasteiger charge is -2.43. The fourth-order valence-electron chi connectivity index (χ4n) is 8.46. The summed E-state index contributed by atoms with van der Waals surface area (Å²) in [5.74, 6) is -0.350. The number of ether oxygens (including phenoxy) is 2. The molecule has 1 aliphatic carbocycles. The third-order valence-electron chi connectivity index (χ3n) is 11.9. The molecule has 1 saturated heterocycles. The topological polar surface area (TPSA) is 117 Å². The quantitative estimate of drug-likeness (QED) is 0.0805. The standard InChI is InChI=1S/C50H57N3O6S/c1-4-30-53(43-15-9-10-16-43)33-47-36(3)48(40-22-20-38(34-54)21-23-40)59-50(58-47)41-26-24-39(25-27-41)45-17-11-8-14-42(45)32-51-49(55)46(31-37-12-6-5-7-13-37)52-60(56,57)44-28-18-35(2)19-29-44/h4-8,11-14,17-29,36,43,46-48,50,52,54H,1,9-10,15-16,30-34H2,2-3H3,(H,51,55)/t36-,46-,47+,48+,50+/m1/s1. The summed E-state index contributed by atoms with van der Waals surface area (Å²) in [4.78, 5) is 16.5. The van der Waals surface area contributed by atoms with Crippen molar-refractivity contribution >= 4 is 15.9 Å². The second-order valence-corrected chi connectivity index (χ2v) is 17.9. The molecule has 2 fully saturated rings. The van der Waals surface area contributed by atoms with Crippen LogP contribution in [0.5, 0.6) is 0 Å². The second-order valence-electron chi connectivity index (χ2n) is 16.2. The average molecular weight is 828 g/mol. The fraction of sp³-hybridized carbons (Fsp3) is 0.340. The van der Waals surface area contributed by atoms with E-state index in [9.17, 15) is 18.3 Å². The van der Waals surface area contributed by atoms with Crippen LogP contribution in [-0.2, 0) is 43.9 Å². The Kier molecular flexibility index (Phi) is 14.4. The van der Waals surface area contributed by atoms with E-state index < -0.39 is 28.3 Å². The zero-order valence-corrected chi connectivity index (χ0v) is 35.4. The summed E-state index contributed by atoms with van der Waals surface area (Å²) in [5.41, 5.74) is 7.38. The average Bonchev–Trinajstić information content (AvgIpc) is 3.82. The number of carbonyl (C=O) groups is 1. The maximum absolute atomic E-state index is 13.9. The maximum atomic E-state index is 13.9. The Morgan fingerprint density at radius 3 is 2.20 bits per heavy atom. The normalized spacial score (nSPS) is 20.2. The van der Waals surface area contributed by atoms with Crippen molar-refractivity contribution < 1.29 is 27.8 Å². The van der Waals surface area contributed by atoms with E-state index in [2.05, 4.69) is 40.6 Å². The van der Waals surface area contributed by atoms with E-state index in [4.69, 9.17) is 9.47 Å². The molecule has 0 aromatic heterocycles. The van der Waals surface area contributed by atoms with Crippen LogP contribution in [0.4, 0.5) is 0 Å². The number of aryl methyl sites for hydroxylation is 1. The van der Waals surface area contributed by atoms with Gasteiger partial charge in [-0.25, -0.2) is 8.42 Å². The number of hydrogen-bond acceptors (Lipinski definition) is 7. The molecule has 5 aromatic carbocycles. The van der Waals surface area contributed by atoms with Crippen LogP contribution in [0.2, 0.25) is 0 Å². The molecular formula is C50H57N3O6S. The second kappa shape index (κ2) is 20.1. The molecule has 1 amide bonds. The van der Waals surface area contributed by atoms with Gasteiger partial charge in [0.05, 0.1) is 23.7 Å². The predicted octanol–water partition coefficient (Wildman–Crippen LogP) is 8.58. The van der Waals surface area contributed by atoms with Crippen LogP contribution in [0.1, 0.15) is 78.4 Å². The smallest absolute Gasteiger partial charge is 0.241 e. The number of aliphatic hydroxyl groups excluding tert-OH is 1. The molecule has 3 N–H and O–H groups in total. The van der Waals surface area contributed by atoms with Crippen molar-refractivity contribution in [3.05, 3.63) is 173 Å². The Balaban J connectivity index is 1.09. The lowest BCUT2D eigenvalue weighted by molar-refractivity contribution is -0.276. The Morgan fingerprint density at radius 1 is 0.850 bits per heavy atom. The van der Waals surface area contributed by atoms with Crippen LogP contribution < -0.4 is 10.0 Å². The summed E-state index contributed by atoms with van der Waals surface area (Å²) in [5, 5.41) is 12.7. The van der Waals surface area contributed by atoms with Gasteiger partial charge in [-0.3, -0.25) is 9.69 Å². The van der Waals surface area contributed by atoms with Crippen LogP contribution in [0, 0.1) is 12.8 Å². The number of carbonyl (C=O) groups excluding carboxylic acids is 1. The van der Waals surface area contributed by atoms with E-state index >= 15 is 0 Å². The molecule has 0 radical (unpaired) electrons. The highest BCUT2D eigenvalue weighted by Gasteiger charge is 2.40. The highest BCUT2D eigenvalue weighted by Crippen LogP contribution is 2.43. The van der Waals surface area contributed by atoms with Crippen LogP contribution in [0.15, 0.2) is 145 Å². The summed E-state index contributed by atoms with van der Waals surface area (Å²) in [7, 11) is -3.98.